The van der Waals surface area contributed by atoms with Gasteiger partial charge < -0.3 is 9.42 Å². The zero-order valence-electron chi connectivity index (χ0n) is 14.5. The number of carbonyl (C=O) groups excluding carboxylic acids is 1. The van der Waals surface area contributed by atoms with Gasteiger partial charge in [-0.1, -0.05) is 46.6 Å². The van der Waals surface area contributed by atoms with Crippen molar-refractivity contribution in [3.8, 4) is 0 Å². The first kappa shape index (κ1) is 18.1. The second-order valence-corrected chi connectivity index (χ2v) is 7.28. The Labute approximate surface area is 166 Å². The van der Waals surface area contributed by atoms with Crippen molar-refractivity contribution in [3.63, 3.8) is 0 Å². The number of rotatable bonds is 3. The molecule has 1 aliphatic rings. The van der Waals surface area contributed by atoms with Gasteiger partial charge in [0, 0.05) is 32.7 Å². The van der Waals surface area contributed by atoms with Crippen LogP contribution >= 0.6 is 23.2 Å². The lowest BCUT2D eigenvalue weighted by atomic mass is 10.2. The summed E-state index contributed by atoms with van der Waals surface area (Å²) in [6.07, 6.45) is 0. The number of fused-ring (bicyclic) bond motifs is 1. The number of piperazine rings is 1. The predicted octanol–water partition coefficient (Wildman–Crippen LogP) is 4.48. The average molecular weight is 405 g/mol. The largest absolute Gasteiger partial charge is 0.354 e. The molecule has 4 rings (SSSR count). The number of hydrogen-bond acceptors (Lipinski definition) is 4. The van der Waals surface area contributed by atoms with Gasteiger partial charge in [0.1, 0.15) is 0 Å². The molecule has 0 atom stereocenters. The van der Waals surface area contributed by atoms with E-state index in [9.17, 15) is 4.79 Å². The lowest BCUT2D eigenvalue weighted by molar-refractivity contribution is 0.143. The highest BCUT2D eigenvalue weighted by molar-refractivity contribution is 6.42. The van der Waals surface area contributed by atoms with E-state index in [1.165, 1.54) is 0 Å². The Morgan fingerprint density at radius 2 is 1.85 bits per heavy atom. The van der Waals surface area contributed by atoms with Crippen molar-refractivity contribution in [2.75, 3.05) is 31.5 Å². The number of nitrogens with one attached hydrogen (secondary N) is 1. The maximum atomic E-state index is 12.5. The molecule has 1 fully saturated rings. The van der Waals surface area contributed by atoms with Crippen molar-refractivity contribution >= 4 is 46.0 Å². The number of urea groups is 1. The summed E-state index contributed by atoms with van der Waals surface area (Å²) < 4.78 is 5.23. The third kappa shape index (κ3) is 4.03. The van der Waals surface area contributed by atoms with Crippen LogP contribution in [0.2, 0.25) is 10.0 Å². The van der Waals surface area contributed by atoms with E-state index in [0.29, 0.717) is 34.5 Å². The van der Waals surface area contributed by atoms with E-state index in [-0.39, 0.29) is 6.03 Å². The summed E-state index contributed by atoms with van der Waals surface area (Å²) in [6, 6.07) is 13.0. The van der Waals surface area contributed by atoms with Gasteiger partial charge in [-0.05, 0) is 29.8 Å². The summed E-state index contributed by atoms with van der Waals surface area (Å²) in [6.45, 7) is 3.63. The molecule has 1 aliphatic heterocycles. The summed E-state index contributed by atoms with van der Waals surface area (Å²) in [7, 11) is 0. The molecular formula is C19H18Cl2N4O2. The number of anilines is 1. The topological polar surface area (TPSA) is 61.6 Å². The standard InChI is InChI=1S/C19H18Cl2N4O2/c20-15-6-5-13(11-16(15)21)12-24-7-9-25(10-8-24)19(26)22-18-14-3-1-2-4-17(14)27-23-18/h1-6,11H,7-10,12H2,(H,22,23,26). The molecule has 0 aliphatic carbocycles. The van der Waals surface area contributed by atoms with E-state index in [1.54, 1.807) is 4.90 Å². The van der Waals surface area contributed by atoms with E-state index < -0.39 is 0 Å². The van der Waals surface area contributed by atoms with Gasteiger partial charge in [0.25, 0.3) is 0 Å². The second-order valence-electron chi connectivity index (χ2n) is 6.47. The Morgan fingerprint density at radius 1 is 1.07 bits per heavy atom. The van der Waals surface area contributed by atoms with Crippen LogP contribution in [-0.4, -0.2) is 47.2 Å². The highest BCUT2D eigenvalue weighted by Gasteiger charge is 2.22. The molecule has 1 saturated heterocycles. The number of halogens is 2. The van der Waals surface area contributed by atoms with Crippen LogP contribution < -0.4 is 5.32 Å². The van der Waals surface area contributed by atoms with Crippen LogP contribution in [0.25, 0.3) is 11.0 Å². The quantitative estimate of drug-likeness (QED) is 0.698. The SMILES string of the molecule is O=C(Nc1noc2ccccc12)N1CCN(Cc2ccc(Cl)c(Cl)c2)CC1. The molecule has 3 aromatic rings. The highest BCUT2D eigenvalue weighted by Crippen LogP contribution is 2.24. The molecule has 0 saturated carbocycles. The van der Waals surface area contributed by atoms with Crippen LogP contribution in [0.4, 0.5) is 10.6 Å². The maximum absolute atomic E-state index is 12.5. The smallest absolute Gasteiger partial charge is 0.323 e. The van der Waals surface area contributed by atoms with Gasteiger partial charge in [-0.15, -0.1) is 0 Å². The molecule has 8 heteroatoms. The molecule has 1 aromatic heterocycles. The number of aromatic nitrogens is 1. The Morgan fingerprint density at radius 3 is 2.63 bits per heavy atom. The number of carbonyl (C=O) groups is 1. The number of benzene rings is 2. The van der Waals surface area contributed by atoms with Crippen molar-refractivity contribution < 1.29 is 9.32 Å². The Kier molecular flexibility index (Phi) is 5.20. The van der Waals surface area contributed by atoms with Crippen LogP contribution in [0.5, 0.6) is 0 Å². The van der Waals surface area contributed by atoms with Gasteiger partial charge in [0.05, 0.1) is 15.4 Å². The van der Waals surface area contributed by atoms with Gasteiger partial charge in [-0.3, -0.25) is 10.2 Å². The molecule has 140 valence electrons. The fraction of sp³-hybridized carbons (Fsp3) is 0.263. The van der Waals surface area contributed by atoms with Crippen molar-refractivity contribution in [2.24, 2.45) is 0 Å². The van der Waals surface area contributed by atoms with Gasteiger partial charge in [0.2, 0.25) is 0 Å². The van der Waals surface area contributed by atoms with Crippen LogP contribution in [-0.2, 0) is 6.54 Å². The van der Waals surface area contributed by atoms with Crippen molar-refractivity contribution in [3.05, 3.63) is 58.1 Å². The lowest BCUT2D eigenvalue weighted by Gasteiger charge is -2.34. The molecule has 2 heterocycles. The third-order valence-corrected chi connectivity index (χ3v) is 5.39. The van der Waals surface area contributed by atoms with E-state index in [4.69, 9.17) is 27.7 Å². The first-order valence-corrected chi connectivity index (χ1v) is 9.42. The Bertz CT molecular complexity index is 967. The first-order valence-electron chi connectivity index (χ1n) is 8.67. The molecular weight excluding hydrogens is 387 g/mol. The molecule has 0 bridgehead atoms. The summed E-state index contributed by atoms with van der Waals surface area (Å²) in [5.41, 5.74) is 1.76. The summed E-state index contributed by atoms with van der Waals surface area (Å²) in [5, 5.41) is 8.71. The van der Waals surface area contributed by atoms with E-state index in [2.05, 4.69) is 15.4 Å². The monoisotopic (exact) mass is 404 g/mol. The first-order chi connectivity index (χ1) is 13.1. The van der Waals surface area contributed by atoms with Gasteiger partial charge in [-0.25, -0.2) is 4.79 Å². The van der Waals surface area contributed by atoms with Crippen molar-refractivity contribution in [2.45, 2.75) is 6.54 Å². The fourth-order valence-electron chi connectivity index (χ4n) is 3.16. The molecule has 27 heavy (non-hydrogen) atoms. The van der Waals surface area contributed by atoms with E-state index >= 15 is 0 Å². The predicted molar refractivity (Wildman–Crippen MR) is 106 cm³/mol. The number of para-hydroxylation sites is 1. The van der Waals surface area contributed by atoms with Gasteiger partial charge in [0.15, 0.2) is 11.4 Å². The minimum absolute atomic E-state index is 0.164. The summed E-state index contributed by atoms with van der Waals surface area (Å²) in [5.74, 6) is 0.453. The van der Waals surface area contributed by atoms with Crippen LogP contribution in [0.3, 0.4) is 0 Å². The molecule has 6 nitrogen and oxygen atoms in total. The molecule has 2 aromatic carbocycles. The van der Waals surface area contributed by atoms with E-state index in [1.807, 2.05) is 42.5 Å². The Hall–Kier alpha value is -2.28. The Balaban J connectivity index is 1.33. The maximum Gasteiger partial charge on any atom is 0.323 e. The number of nitrogens with zero attached hydrogens (tertiary/aromatic N) is 3. The number of hydrogen-bond donors (Lipinski definition) is 1. The zero-order chi connectivity index (χ0) is 18.8. The van der Waals surface area contributed by atoms with Crippen molar-refractivity contribution in [1.82, 2.24) is 15.0 Å². The van der Waals surface area contributed by atoms with Crippen LogP contribution in [0.15, 0.2) is 47.0 Å². The number of amides is 2. The highest BCUT2D eigenvalue weighted by atomic mass is 35.5. The summed E-state index contributed by atoms with van der Waals surface area (Å²) in [4.78, 5) is 16.6. The minimum Gasteiger partial charge on any atom is -0.354 e. The van der Waals surface area contributed by atoms with E-state index in [0.717, 1.165) is 30.6 Å². The van der Waals surface area contributed by atoms with Crippen molar-refractivity contribution in [1.29, 1.82) is 0 Å². The zero-order valence-corrected chi connectivity index (χ0v) is 16.0. The van der Waals surface area contributed by atoms with Gasteiger partial charge in [-0.2, -0.15) is 0 Å². The normalized spacial score (nSPS) is 15.3. The molecule has 0 unspecified atom stereocenters. The fourth-order valence-corrected chi connectivity index (χ4v) is 3.48. The summed E-state index contributed by atoms with van der Waals surface area (Å²) >= 11 is 12.0. The van der Waals surface area contributed by atoms with Crippen LogP contribution in [0.1, 0.15) is 5.56 Å². The molecule has 0 spiro atoms. The second kappa shape index (κ2) is 7.76. The van der Waals surface area contributed by atoms with Gasteiger partial charge >= 0.3 is 6.03 Å². The third-order valence-electron chi connectivity index (χ3n) is 4.65. The van der Waals surface area contributed by atoms with Crippen LogP contribution in [0, 0.1) is 0 Å². The lowest BCUT2D eigenvalue weighted by Crippen LogP contribution is -2.49. The minimum atomic E-state index is -0.164. The molecule has 2 amide bonds. The molecule has 0 radical (unpaired) electrons. The molecule has 1 N–H and O–H groups in total. The average Bonchev–Trinajstić information content (AvgIpc) is 3.08.